The van der Waals surface area contributed by atoms with Crippen LogP contribution in [0.4, 0.5) is 0 Å². The molecule has 1 heteroatoms. The third kappa shape index (κ3) is 5.92. The van der Waals surface area contributed by atoms with Crippen LogP contribution >= 0.6 is 0 Å². The van der Waals surface area contributed by atoms with Crippen molar-refractivity contribution in [3.05, 3.63) is 41.5 Å². The molecular formula is C16H21N. The van der Waals surface area contributed by atoms with Gasteiger partial charge in [0.1, 0.15) is 0 Å². The van der Waals surface area contributed by atoms with Gasteiger partial charge in [-0.25, -0.2) is 0 Å². The van der Waals surface area contributed by atoms with E-state index in [1.165, 1.54) is 50.2 Å². The van der Waals surface area contributed by atoms with Crippen molar-refractivity contribution in [3.63, 3.8) is 0 Å². The zero-order chi connectivity index (χ0) is 12.3. The van der Waals surface area contributed by atoms with Crippen molar-refractivity contribution in [2.75, 3.05) is 0 Å². The molecule has 0 aliphatic carbocycles. The highest BCUT2D eigenvalue weighted by Crippen LogP contribution is 2.11. The molecule has 1 nitrogen and oxygen atoms in total. The molecule has 0 atom stereocenters. The zero-order valence-electron chi connectivity index (χ0n) is 10.7. The average molecular weight is 227 g/mol. The van der Waals surface area contributed by atoms with E-state index >= 15 is 0 Å². The van der Waals surface area contributed by atoms with Gasteiger partial charge in [-0.05, 0) is 30.0 Å². The molecule has 17 heavy (non-hydrogen) atoms. The molecule has 1 aromatic carbocycles. The molecule has 1 aromatic rings. The minimum Gasteiger partial charge on any atom is -0.193 e. The Kier molecular flexibility index (Phi) is 6.82. The van der Waals surface area contributed by atoms with Gasteiger partial charge in [-0.15, -0.1) is 0 Å². The number of unbranched alkanes of at least 4 members (excludes halogenated alkanes) is 4. The third-order valence-electron chi connectivity index (χ3n) is 2.90. The highest BCUT2D eigenvalue weighted by atomic mass is 14.2. The molecule has 0 saturated heterocycles. The van der Waals surface area contributed by atoms with E-state index in [-0.39, 0.29) is 0 Å². The first-order valence-corrected chi connectivity index (χ1v) is 6.52. The Hall–Kier alpha value is -1.55. The lowest BCUT2D eigenvalue weighted by atomic mass is 10.0. The number of allylic oxidation sites excluding steroid dienone is 1. The maximum absolute atomic E-state index is 8.43. The van der Waals surface area contributed by atoms with Crippen LogP contribution in [0, 0.1) is 11.3 Å². The summed E-state index contributed by atoms with van der Waals surface area (Å²) in [6.45, 7) is 2.24. The summed E-state index contributed by atoms with van der Waals surface area (Å²) in [7, 11) is 0. The summed E-state index contributed by atoms with van der Waals surface area (Å²) in [6.07, 6.45) is 11.2. The maximum atomic E-state index is 8.43. The fourth-order valence-electron chi connectivity index (χ4n) is 1.86. The molecule has 0 amide bonds. The van der Waals surface area contributed by atoms with Gasteiger partial charge in [-0.3, -0.25) is 0 Å². The molecule has 0 heterocycles. The standard InChI is InChI=1S/C16H21N/c1-2-3-4-5-6-8-15-10-12-16(13-11-15)9-7-14-17/h7,9-13H,2-6,8H2,1H3/b9-7+. The summed E-state index contributed by atoms with van der Waals surface area (Å²) < 4.78 is 0. The molecule has 0 unspecified atom stereocenters. The second kappa shape index (κ2) is 8.58. The minimum atomic E-state index is 1.10. The van der Waals surface area contributed by atoms with Crippen LogP contribution in [0.5, 0.6) is 0 Å². The molecule has 0 aliphatic rings. The van der Waals surface area contributed by atoms with E-state index in [0.717, 1.165) is 5.56 Å². The molecular weight excluding hydrogens is 206 g/mol. The fourth-order valence-corrected chi connectivity index (χ4v) is 1.86. The highest BCUT2D eigenvalue weighted by molar-refractivity contribution is 5.52. The Labute approximate surface area is 105 Å². The van der Waals surface area contributed by atoms with Crippen LogP contribution in [0.3, 0.4) is 0 Å². The second-order valence-electron chi connectivity index (χ2n) is 4.37. The predicted octanol–water partition coefficient (Wildman–Crippen LogP) is 4.74. The molecule has 0 aromatic heterocycles. The molecule has 0 bridgehead atoms. The Bertz CT molecular complexity index is 368. The molecule has 0 N–H and O–H groups in total. The van der Waals surface area contributed by atoms with Crippen LogP contribution in [-0.4, -0.2) is 0 Å². The Morgan fingerprint density at radius 2 is 1.76 bits per heavy atom. The van der Waals surface area contributed by atoms with E-state index in [9.17, 15) is 0 Å². The van der Waals surface area contributed by atoms with E-state index in [1.807, 2.05) is 12.1 Å². The summed E-state index contributed by atoms with van der Waals surface area (Å²) in [5, 5.41) is 8.43. The van der Waals surface area contributed by atoms with Crippen LogP contribution in [0.15, 0.2) is 30.3 Å². The lowest BCUT2D eigenvalue weighted by Crippen LogP contribution is -1.86. The van der Waals surface area contributed by atoms with Crippen LogP contribution in [0.25, 0.3) is 6.08 Å². The number of hydrogen-bond donors (Lipinski definition) is 0. The molecule has 0 spiro atoms. The van der Waals surface area contributed by atoms with Gasteiger partial charge in [0.05, 0.1) is 6.07 Å². The van der Waals surface area contributed by atoms with E-state index < -0.39 is 0 Å². The van der Waals surface area contributed by atoms with Crippen molar-refractivity contribution in [1.82, 2.24) is 0 Å². The predicted molar refractivity (Wildman–Crippen MR) is 73.6 cm³/mol. The highest BCUT2D eigenvalue weighted by Gasteiger charge is 1.94. The van der Waals surface area contributed by atoms with Crippen molar-refractivity contribution in [2.24, 2.45) is 0 Å². The van der Waals surface area contributed by atoms with Gasteiger partial charge in [-0.1, -0.05) is 56.9 Å². The number of rotatable bonds is 7. The summed E-state index contributed by atoms with van der Waals surface area (Å²) >= 11 is 0. The monoisotopic (exact) mass is 227 g/mol. The smallest absolute Gasteiger partial charge is 0.0912 e. The number of nitrogens with zero attached hydrogens (tertiary/aromatic N) is 1. The lowest BCUT2D eigenvalue weighted by Gasteiger charge is -2.02. The topological polar surface area (TPSA) is 23.8 Å². The van der Waals surface area contributed by atoms with Gasteiger partial charge >= 0.3 is 0 Å². The molecule has 1 rings (SSSR count). The number of nitriles is 1. The van der Waals surface area contributed by atoms with Gasteiger partial charge in [0.15, 0.2) is 0 Å². The lowest BCUT2D eigenvalue weighted by molar-refractivity contribution is 0.632. The molecule has 0 radical (unpaired) electrons. The Balaban J connectivity index is 2.31. The number of benzene rings is 1. The van der Waals surface area contributed by atoms with Crippen LogP contribution in [-0.2, 0) is 6.42 Å². The van der Waals surface area contributed by atoms with Crippen molar-refractivity contribution in [2.45, 2.75) is 45.4 Å². The van der Waals surface area contributed by atoms with E-state index in [4.69, 9.17) is 5.26 Å². The first-order chi connectivity index (χ1) is 8.36. The summed E-state index contributed by atoms with van der Waals surface area (Å²) in [4.78, 5) is 0. The van der Waals surface area contributed by atoms with E-state index in [1.54, 1.807) is 0 Å². The van der Waals surface area contributed by atoms with E-state index in [0.29, 0.717) is 0 Å². The Morgan fingerprint density at radius 1 is 1.06 bits per heavy atom. The fraction of sp³-hybridized carbons (Fsp3) is 0.438. The van der Waals surface area contributed by atoms with Crippen molar-refractivity contribution >= 4 is 6.08 Å². The number of hydrogen-bond acceptors (Lipinski definition) is 1. The first-order valence-electron chi connectivity index (χ1n) is 6.52. The van der Waals surface area contributed by atoms with Crippen LogP contribution < -0.4 is 0 Å². The largest absolute Gasteiger partial charge is 0.193 e. The van der Waals surface area contributed by atoms with Gasteiger partial charge < -0.3 is 0 Å². The molecule has 90 valence electrons. The molecule has 0 saturated carbocycles. The second-order valence-corrected chi connectivity index (χ2v) is 4.37. The summed E-state index contributed by atoms with van der Waals surface area (Å²) in [5.41, 5.74) is 2.50. The van der Waals surface area contributed by atoms with Crippen molar-refractivity contribution in [1.29, 1.82) is 5.26 Å². The summed E-state index contributed by atoms with van der Waals surface area (Å²) in [6, 6.07) is 10.5. The van der Waals surface area contributed by atoms with Crippen molar-refractivity contribution < 1.29 is 0 Å². The number of aryl methyl sites for hydroxylation is 1. The Morgan fingerprint density at radius 3 is 2.41 bits per heavy atom. The maximum Gasteiger partial charge on any atom is 0.0912 e. The summed E-state index contributed by atoms with van der Waals surface area (Å²) in [5.74, 6) is 0. The van der Waals surface area contributed by atoms with Gasteiger partial charge in [0.25, 0.3) is 0 Å². The van der Waals surface area contributed by atoms with E-state index in [2.05, 4.69) is 31.2 Å². The van der Waals surface area contributed by atoms with Gasteiger partial charge in [0, 0.05) is 6.08 Å². The quantitative estimate of drug-likeness (QED) is 0.487. The normalized spacial score (nSPS) is 10.6. The molecule has 0 aliphatic heterocycles. The average Bonchev–Trinajstić information content (AvgIpc) is 2.37. The van der Waals surface area contributed by atoms with Gasteiger partial charge in [0.2, 0.25) is 0 Å². The van der Waals surface area contributed by atoms with Crippen LogP contribution in [0.2, 0.25) is 0 Å². The SMILES string of the molecule is CCCCCCCc1ccc(/C=C/C#N)cc1. The third-order valence-corrected chi connectivity index (χ3v) is 2.90. The zero-order valence-corrected chi connectivity index (χ0v) is 10.7. The van der Waals surface area contributed by atoms with Crippen molar-refractivity contribution in [3.8, 4) is 6.07 Å². The van der Waals surface area contributed by atoms with Gasteiger partial charge in [-0.2, -0.15) is 5.26 Å². The minimum absolute atomic E-state index is 1.10. The first kappa shape index (κ1) is 13.5. The molecule has 0 fully saturated rings. The van der Waals surface area contributed by atoms with Crippen LogP contribution in [0.1, 0.15) is 50.2 Å².